The third-order valence-corrected chi connectivity index (χ3v) is 6.77. The van der Waals surface area contributed by atoms with Crippen LogP contribution in [0.25, 0.3) is 10.2 Å². The van der Waals surface area contributed by atoms with Gasteiger partial charge in [-0.05, 0) is 30.7 Å². The standard InChI is InChI=1S/C21H18N4O5S2/c1-2-14-10-15-19(32-14)23-21(24(20(15)27)11-13-6-5-9-30-13)31-12-18(26)22-16-7-3-4-8-17(16)25(28)29/h3-10H,2,11-12H2,1H3,(H,22,26). The molecule has 0 aliphatic rings. The monoisotopic (exact) mass is 470 g/mol. The summed E-state index contributed by atoms with van der Waals surface area (Å²) >= 11 is 2.54. The van der Waals surface area contributed by atoms with E-state index in [1.807, 2.05) is 13.0 Å². The summed E-state index contributed by atoms with van der Waals surface area (Å²) in [4.78, 5) is 42.6. The van der Waals surface area contributed by atoms with Crippen LogP contribution in [0.1, 0.15) is 17.6 Å². The maximum absolute atomic E-state index is 13.2. The minimum absolute atomic E-state index is 0.0752. The molecule has 0 aliphatic heterocycles. The summed E-state index contributed by atoms with van der Waals surface area (Å²) in [6, 6.07) is 11.3. The van der Waals surface area contributed by atoms with E-state index in [1.54, 1.807) is 18.2 Å². The minimum Gasteiger partial charge on any atom is -0.467 e. The van der Waals surface area contributed by atoms with E-state index >= 15 is 0 Å². The largest absolute Gasteiger partial charge is 0.467 e. The van der Waals surface area contributed by atoms with Gasteiger partial charge in [-0.2, -0.15) is 0 Å². The van der Waals surface area contributed by atoms with Crippen molar-refractivity contribution in [1.29, 1.82) is 0 Å². The number of nitro benzene ring substituents is 1. The number of thioether (sulfide) groups is 1. The molecule has 0 fully saturated rings. The zero-order valence-electron chi connectivity index (χ0n) is 16.9. The van der Waals surface area contributed by atoms with Crippen molar-refractivity contribution in [3.63, 3.8) is 0 Å². The zero-order valence-corrected chi connectivity index (χ0v) is 18.6. The number of furan rings is 1. The third kappa shape index (κ3) is 4.58. The average Bonchev–Trinajstić information content (AvgIpc) is 3.44. The number of nitro groups is 1. The highest BCUT2D eigenvalue weighted by Gasteiger charge is 2.18. The number of amides is 1. The quantitative estimate of drug-likeness (QED) is 0.176. The minimum atomic E-state index is -0.554. The number of rotatable bonds is 8. The van der Waals surface area contributed by atoms with Crippen LogP contribution in [0.3, 0.4) is 0 Å². The molecule has 0 aliphatic carbocycles. The molecular weight excluding hydrogens is 452 g/mol. The molecule has 0 radical (unpaired) electrons. The van der Waals surface area contributed by atoms with Crippen LogP contribution in [0.15, 0.2) is 63.1 Å². The summed E-state index contributed by atoms with van der Waals surface area (Å²) in [6.07, 6.45) is 2.32. The lowest BCUT2D eigenvalue weighted by Gasteiger charge is -2.11. The van der Waals surface area contributed by atoms with E-state index in [9.17, 15) is 19.7 Å². The zero-order chi connectivity index (χ0) is 22.7. The molecule has 4 rings (SSSR count). The van der Waals surface area contributed by atoms with Crippen molar-refractivity contribution in [2.75, 3.05) is 11.1 Å². The molecular formula is C21H18N4O5S2. The second-order valence-electron chi connectivity index (χ2n) is 6.76. The SMILES string of the molecule is CCc1cc2c(=O)n(Cc3ccco3)c(SCC(=O)Nc3ccccc3[N+](=O)[O-])nc2s1. The second-order valence-corrected chi connectivity index (χ2v) is 8.82. The number of carbonyl (C=O) groups is 1. The number of thiophene rings is 1. The van der Waals surface area contributed by atoms with Gasteiger partial charge >= 0.3 is 0 Å². The van der Waals surface area contributed by atoms with Gasteiger partial charge in [-0.25, -0.2) is 4.98 Å². The summed E-state index contributed by atoms with van der Waals surface area (Å²) in [6.45, 7) is 2.19. The number of aromatic nitrogens is 2. The molecule has 3 aromatic heterocycles. The molecule has 4 aromatic rings. The molecule has 0 atom stereocenters. The maximum Gasteiger partial charge on any atom is 0.292 e. The first kappa shape index (κ1) is 21.8. The molecule has 0 spiro atoms. The molecule has 0 saturated heterocycles. The van der Waals surface area contributed by atoms with Gasteiger partial charge in [0.1, 0.15) is 16.3 Å². The number of aryl methyl sites for hydroxylation is 1. The lowest BCUT2D eigenvalue weighted by Crippen LogP contribution is -2.24. The average molecular weight is 471 g/mol. The fourth-order valence-corrected chi connectivity index (χ4v) is 4.89. The van der Waals surface area contributed by atoms with Gasteiger partial charge in [-0.15, -0.1) is 11.3 Å². The van der Waals surface area contributed by atoms with E-state index in [-0.39, 0.29) is 29.2 Å². The summed E-state index contributed by atoms with van der Waals surface area (Å²) in [5.41, 5.74) is -0.278. The number of nitrogens with one attached hydrogen (secondary N) is 1. The van der Waals surface area contributed by atoms with Crippen LogP contribution in [0.5, 0.6) is 0 Å². The van der Waals surface area contributed by atoms with E-state index in [0.29, 0.717) is 21.1 Å². The van der Waals surface area contributed by atoms with Gasteiger partial charge in [0.25, 0.3) is 11.2 Å². The second kappa shape index (κ2) is 9.37. The lowest BCUT2D eigenvalue weighted by molar-refractivity contribution is -0.383. The van der Waals surface area contributed by atoms with Gasteiger partial charge in [0.05, 0.1) is 28.9 Å². The van der Waals surface area contributed by atoms with E-state index in [1.165, 1.54) is 40.4 Å². The van der Waals surface area contributed by atoms with E-state index in [4.69, 9.17) is 4.42 Å². The normalized spacial score (nSPS) is 11.0. The van der Waals surface area contributed by atoms with Gasteiger partial charge in [0, 0.05) is 10.9 Å². The Labute approximate surface area is 190 Å². The Bertz CT molecular complexity index is 1340. The number of nitrogens with zero attached hydrogens (tertiary/aromatic N) is 3. The van der Waals surface area contributed by atoms with Crippen LogP contribution in [0.2, 0.25) is 0 Å². The van der Waals surface area contributed by atoms with Crippen LogP contribution in [-0.2, 0) is 17.8 Å². The fraction of sp³-hybridized carbons (Fsp3) is 0.190. The fourth-order valence-electron chi connectivity index (χ4n) is 3.08. The highest BCUT2D eigenvalue weighted by molar-refractivity contribution is 7.99. The predicted octanol–water partition coefficient (Wildman–Crippen LogP) is 4.30. The molecule has 1 aromatic carbocycles. The number of para-hydroxylation sites is 2. The van der Waals surface area contributed by atoms with Crippen molar-refractivity contribution in [2.45, 2.75) is 25.0 Å². The first-order chi connectivity index (χ1) is 15.5. The number of fused-ring (bicyclic) bond motifs is 1. The van der Waals surface area contributed by atoms with Gasteiger partial charge in [-0.1, -0.05) is 30.8 Å². The van der Waals surface area contributed by atoms with Crippen LogP contribution < -0.4 is 10.9 Å². The van der Waals surface area contributed by atoms with Crippen molar-refractivity contribution in [2.24, 2.45) is 0 Å². The molecule has 3 heterocycles. The van der Waals surface area contributed by atoms with Crippen LogP contribution >= 0.6 is 23.1 Å². The van der Waals surface area contributed by atoms with E-state index < -0.39 is 10.8 Å². The maximum atomic E-state index is 13.2. The van der Waals surface area contributed by atoms with Crippen molar-refractivity contribution >= 4 is 50.6 Å². The Morgan fingerprint density at radius 1 is 1.31 bits per heavy atom. The Morgan fingerprint density at radius 2 is 2.12 bits per heavy atom. The number of carbonyl (C=O) groups excluding carboxylic acids is 1. The molecule has 164 valence electrons. The lowest BCUT2D eigenvalue weighted by atomic mass is 10.2. The topological polar surface area (TPSA) is 120 Å². The van der Waals surface area contributed by atoms with E-state index in [2.05, 4.69) is 10.3 Å². The molecule has 1 amide bonds. The molecule has 32 heavy (non-hydrogen) atoms. The molecule has 11 heteroatoms. The first-order valence-electron chi connectivity index (χ1n) is 9.68. The van der Waals surface area contributed by atoms with Crippen LogP contribution in [0.4, 0.5) is 11.4 Å². The predicted molar refractivity (Wildman–Crippen MR) is 124 cm³/mol. The summed E-state index contributed by atoms with van der Waals surface area (Å²) in [5, 5.41) is 14.6. The van der Waals surface area contributed by atoms with Crippen LogP contribution in [-0.4, -0.2) is 26.1 Å². The molecule has 0 saturated carbocycles. The van der Waals surface area contributed by atoms with Gasteiger partial charge < -0.3 is 9.73 Å². The summed E-state index contributed by atoms with van der Waals surface area (Å²) < 4.78 is 6.87. The smallest absolute Gasteiger partial charge is 0.292 e. The Morgan fingerprint density at radius 3 is 2.84 bits per heavy atom. The number of hydrogen-bond acceptors (Lipinski definition) is 8. The molecule has 0 bridgehead atoms. The van der Waals surface area contributed by atoms with Gasteiger partial charge in [0.15, 0.2) is 5.16 Å². The highest BCUT2D eigenvalue weighted by atomic mass is 32.2. The van der Waals surface area contributed by atoms with Gasteiger partial charge in [-0.3, -0.25) is 24.3 Å². The highest BCUT2D eigenvalue weighted by Crippen LogP contribution is 2.27. The van der Waals surface area contributed by atoms with Crippen molar-refractivity contribution in [3.05, 3.63) is 79.8 Å². The number of anilines is 1. The molecule has 9 nitrogen and oxygen atoms in total. The van der Waals surface area contributed by atoms with Gasteiger partial charge in [0.2, 0.25) is 5.91 Å². The Balaban J connectivity index is 1.61. The Hall–Kier alpha value is -3.44. The van der Waals surface area contributed by atoms with E-state index in [0.717, 1.165) is 23.1 Å². The summed E-state index contributed by atoms with van der Waals surface area (Å²) in [7, 11) is 0. The molecule has 0 unspecified atom stereocenters. The third-order valence-electron chi connectivity index (χ3n) is 4.62. The summed E-state index contributed by atoms with van der Waals surface area (Å²) in [5.74, 6) is 0.0720. The first-order valence-corrected chi connectivity index (χ1v) is 11.5. The Kier molecular flexibility index (Phi) is 6.37. The van der Waals surface area contributed by atoms with Crippen molar-refractivity contribution in [1.82, 2.24) is 9.55 Å². The van der Waals surface area contributed by atoms with Crippen molar-refractivity contribution < 1.29 is 14.1 Å². The van der Waals surface area contributed by atoms with Crippen molar-refractivity contribution in [3.8, 4) is 0 Å². The number of hydrogen-bond donors (Lipinski definition) is 1. The van der Waals surface area contributed by atoms with Crippen LogP contribution in [0, 0.1) is 10.1 Å². The molecule has 1 N–H and O–H groups in total. The number of benzene rings is 1.